The fraction of sp³-hybridized carbons (Fsp3) is 0.714. The second kappa shape index (κ2) is 9.55. The molecule has 0 atom stereocenters. The van der Waals surface area contributed by atoms with Crippen molar-refractivity contribution >= 4 is 41.3 Å². The number of aliphatic imine (C=N–C) groups is 1. The number of halogens is 1. The summed E-state index contributed by atoms with van der Waals surface area (Å²) in [6.45, 7) is 13.3. The van der Waals surface area contributed by atoms with Crippen LogP contribution >= 0.6 is 35.3 Å². The van der Waals surface area contributed by atoms with E-state index in [4.69, 9.17) is 0 Å². The third-order valence-electron chi connectivity index (χ3n) is 2.60. The first-order chi connectivity index (χ1) is 8.97. The largest absolute Gasteiger partial charge is 0.357 e. The zero-order chi connectivity index (χ0) is 14.3. The molecular weight excluding hydrogens is 383 g/mol. The van der Waals surface area contributed by atoms with Crippen molar-refractivity contribution in [3.05, 3.63) is 16.1 Å². The fourth-order valence-corrected chi connectivity index (χ4v) is 2.56. The first kappa shape index (κ1) is 19.6. The van der Waals surface area contributed by atoms with Crippen LogP contribution in [0.1, 0.15) is 45.3 Å². The van der Waals surface area contributed by atoms with Gasteiger partial charge in [0, 0.05) is 36.9 Å². The Labute approximate surface area is 143 Å². The van der Waals surface area contributed by atoms with Crippen LogP contribution in [0.15, 0.2) is 10.4 Å². The highest BCUT2D eigenvalue weighted by Crippen LogP contribution is 2.23. The third kappa shape index (κ3) is 6.88. The molecule has 0 saturated carbocycles. The minimum absolute atomic E-state index is 0. The van der Waals surface area contributed by atoms with Gasteiger partial charge in [-0.05, 0) is 13.8 Å². The van der Waals surface area contributed by atoms with Gasteiger partial charge < -0.3 is 10.6 Å². The lowest BCUT2D eigenvalue weighted by Gasteiger charge is -2.14. The van der Waals surface area contributed by atoms with Gasteiger partial charge in [0.05, 0.1) is 10.7 Å². The predicted octanol–water partition coefficient (Wildman–Crippen LogP) is 3.18. The summed E-state index contributed by atoms with van der Waals surface area (Å²) in [6, 6.07) is 0. The lowest BCUT2D eigenvalue weighted by atomic mass is 9.93. The molecule has 0 unspecified atom stereocenters. The highest BCUT2D eigenvalue weighted by molar-refractivity contribution is 14.0. The molecule has 1 aromatic heterocycles. The van der Waals surface area contributed by atoms with Crippen molar-refractivity contribution in [2.75, 3.05) is 19.6 Å². The average molecular weight is 410 g/mol. The summed E-state index contributed by atoms with van der Waals surface area (Å²) in [7, 11) is 0. The third-order valence-corrected chi connectivity index (χ3v) is 3.51. The van der Waals surface area contributed by atoms with Gasteiger partial charge in [-0.1, -0.05) is 20.8 Å². The first-order valence-corrected chi connectivity index (χ1v) is 7.82. The molecular formula is C14H27IN4S. The predicted molar refractivity (Wildman–Crippen MR) is 99.6 cm³/mol. The summed E-state index contributed by atoms with van der Waals surface area (Å²) in [6.07, 6.45) is 0.904. The monoisotopic (exact) mass is 410 g/mol. The number of thiazole rings is 1. The Morgan fingerprint density at radius 2 is 1.85 bits per heavy atom. The second-order valence-electron chi connectivity index (χ2n) is 5.42. The van der Waals surface area contributed by atoms with Crippen molar-refractivity contribution in [1.29, 1.82) is 0 Å². The smallest absolute Gasteiger partial charge is 0.191 e. The summed E-state index contributed by atoms with van der Waals surface area (Å²) in [5, 5.41) is 9.77. The van der Waals surface area contributed by atoms with Crippen molar-refractivity contribution in [3.63, 3.8) is 0 Å². The molecule has 1 heterocycles. The van der Waals surface area contributed by atoms with Gasteiger partial charge in [-0.15, -0.1) is 35.3 Å². The van der Waals surface area contributed by atoms with Crippen molar-refractivity contribution < 1.29 is 0 Å². The minimum atomic E-state index is 0. The minimum Gasteiger partial charge on any atom is -0.357 e. The molecule has 0 aromatic carbocycles. The summed E-state index contributed by atoms with van der Waals surface area (Å²) in [4.78, 5) is 9.21. The van der Waals surface area contributed by atoms with E-state index in [0.717, 1.165) is 32.0 Å². The van der Waals surface area contributed by atoms with E-state index in [0.29, 0.717) is 0 Å². The average Bonchev–Trinajstić information content (AvgIpc) is 2.78. The Morgan fingerprint density at radius 3 is 2.30 bits per heavy atom. The van der Waals surface area contributed by atoms with Gasteiger partial charge in [0.2, 0.25) is 0 Å². The molecule has 0 aliphatic heterocycles. The SMILES string of the molecule is CCNC(=NCCc1nc(C(C)(C)C)cs1)NCC.I. The lowest BCUT2D eigenvalue weighted by Crippen LogP contribution is -2.37. The van der Waals surface area contributed by atoms with E-state index in [2.05, 4.69) is 60.6 Å². The van der Waals surface area contributed by atoms with Crippen molar-refractivity contribution in [1.82, 2.24) is 15.6 Å². The molecule has 116 valence electrons. The van der Waals surface area contributed by atoms with E-state index in [-0.39, 0.29) is 29.4 Å². The van der Waals surface area contributed by atoms with Crippen molar-refractivity contribution in [2.24, 2.45) is 4.99 Å². The Kier molecular flexibility index (Phi) is 9.37. The quantitative estimate of drug-likeness (QED) is 0.446. The van der Waals surface area contributed by atoms with Gasteiger partial charge in [-0.3, -0.25) is 4.99 Å². The van der Waals surface area contributed by atoms with Crippen molar-refractivity contribution in [2.45, 2.75) is 46.5 Å². The topological polar surface area (TPSA) is 49.3 Å². The molecule has 0 aliphatic rings. The van der Waals surface area contributed by atoms with Gasteiger partial charge >= 0.3 is 0 Å². The van der Waals surface area contributed by atoms with Crippen LogP contribution in [0.2, 0.25) is 0 Å². The van der Waals surface area contributed by atoms with Crippen LogP contribution in [0, 0.1) is 0 Å². The van der Waals surface area contributed by atoms with Gasteiger partial charge in [-0.25, -0.2) is 4.98 Å². The van der Waals surface area contributed by atoms with E-state index >= 15 is 0 Å². The molecule has 0 saturated heterocycles. The van der Waals surface area contributed by atoms with Crippen LogP contribution in [0.3, 0.4) is 0 Å². The van der Waals surface area contributed by atoms with Gasteiger partial charge in [0.1, 0.15) is 0 Å². The maximum Gasteiger partial charge on any atom is 0.191 e. The molecule has 20 heavy (non-hydrogen) atoms. The summed E-state index contributed by atoms with van der Waals surface area (Å²) in [5.74, 6) is 0.887. The molecule has 0 bridgehead atoms. The Morgan fingerprint density at radius 1 is 1.25 bits per heavy atom. The highest BCUT2D eigenvalue weighted by atomic mass is 127. The molecule has 0 radical (unpaired) electrons. The maximum absolute atomic E-state index is 4.68. The number of nitrogens with one attached hydrogen (secondary N) is 2. The maximum atomic E-state index is 4.68. The Bertz CT molecular complexity index is 402. The molecule has 2 N–H and O–H groups in total. The molecule has 0 aliphatic carbocycles. The van der Waals surface area contributed by atoms with Gasteiger partial charge in [0.25, 0.3) is 0 Å². The lowest BCUT2D eigenvalue weighted by molar-refractivity contribution is 0.571. The first-order valence-electron chi connectivity index (χ1n) is 6.94. The normalized spacial score (nSPS) is 10.7. The molecule has 6 heteroatoms. The fourth-order valence-electron chi connectivity index (χ4n) is 1.54. The van der Waals surface area contributed by atoms with E-state index in [9.17, 15) is 0 Å². The molecule has 4 nitrogen and oxygen atoms in total. The summed E-state index contributed by atoms with van der Waals surface area (Å²) >= 11 is 1.73. The number of aromatic nitrogens is 1. The molecule has 0 spiro atoms. The highest BCUT2D eigenvalue weighted by Gasteiger charge is 2.17. The number of hydrogen-bond acceptors (Lipinski definition) is 3. The number of nitrogens with zero attached hydrogens (tertiary/aromatic N) is 2. The van der Waals surface area contributed by atoms with E-state index < -0.39 is 0 Å². The number of hydrogen-bond donors (Lipinski definition) is 2. The number of guanidine groups is 1. The van der Waals surface area contributed by atoms with E-state index in [1.54, 1.807) is 11.3 Å². The van der Waals surface area contributed by atoms with Gasteiger partial charge in [0.15, 0.2) is 5.96 Å². The molecule has 0 amide bonds. The molecule has 0 fully saturated rings. The zero-order valence-electron chi connectivity index (χ0n) is 13.1. The Hall–Kier alpha value is -0.370. The van der Waals surface area contributed by atoms with Crippen LogP contribution in [-0.2, 0) is 11.8 Å². The molecule has 1 aromatic rings. The van der Waals surface area contributed by atoms with Crippen LogP contribution in [-0.4, -0.2) is 30.6 Å². The standard InChI is InChI=1S/C14H26N4S.HI/c1-6-15-13(16-7-2)17-9-8-12-18-11(10-19-12)14(3,4)5;/h10H,6-9H2,1-5H3,(H2,15,16,17);1H. The van der Waals surface area contributed by atoms with E-state index in [1.165, 1.54) is 10.7 Å². The summed E-state index contributed by atoms with van der Waals surface area (Å²) in [5.41, 5.74) is 1.31. The van der Waals surface area contributed by atoms with E-state index in [1.807, 2.05) is 0 Å². The Balaban J connectivity index is 0.00000361. The van der Waals surface area contributed by atoms with Crippen LogP contribution in [0.25, 0.3) is 0 Å². The van der Waals surface area contributed by atoms with Crippen LogP contribution < -0.4 is 10.6 Å². The van der Waals surface area contributed by atoms with Crippen LogP contribution in [0.4, 0.5) is 0 Å². The second-order valence-corrected chi connectivity index (χ2v) is 6.36. The molecule has 1 rings (SSSR count). The van der Waals surface area contributed by atoms with Crippen molar-refractivity contribution in [3.8, 4) is 0 Å². The number of rotatable bonds is 5. The van der Waals surface area contributed by atoms with Crippen LogP contribution in [0.5, 0.6) is 0 Å². The van der Waals surface area contributed by atoms with Gasteiger partial charge in [-0.2, -0.15) is 0 Å². The summed E-state index contributed by atoms with van der Waals surface area (Å²) < 4.78 is 0. The zero-order valence-corrected chi connectivity index (χ0v) is 16.3.